The van der Waals surface area contributed by atoms with Crippen LogP contribution in [0.2, 0.25) is 0 Å². The minimum absolute atomic E-state index is 0.0288. The number of nitrogens with zero attached hydrogens (tertiary/aromatic N) is 1. The molecule has 1 aromatic carbocycles. The number of amides is 1. The van der Waals surface area contributed by atoms with Gasteiger partial charge >= 0.3 is 5.97 Å². The van der Waals surface area contributed by atoms with Crippen molar-refractivity contribution in [2.24, 2.45) is 5.73 Å². The number of aromatic carboxylic acids is 1. The Morgan fingerprint density at radius 1 is 1.38 bits per heavy atom. The van der Waals surface area contributed by atoms with Crippen molar-refractivity contribution >= 4 is 60.8 Å². The summed E-state index contributed by atoms with van der Waals surface area (Å²) in [6.07, 6.45) is 0. The first kappa shape index (κ1) is 16.1. The molecule has 0 bridgehead atoms. The molecule has 0 atom stereocenters. The Bertz CT molecular complexity index is 718. The third kappa shape index (κ3) is 3.67. The van der Waals surface area contributed by atoms with Crippen LogP contribution < -0.4 is 11.1 Å². The van der Waals surface area contributed by atoms with Crippen LogP contribution in [0.5, 0.6) is 0 Å². The Morgan fingerprint density at radius 3 is 2.67 bits per heavy atom. The number of carbonyl (C=O) groups is 2. The van der Waals surface area contributed by atoms with Gasteiger partial charge in [0.25, 0.3) is 5.91 Å². The van der Waals surface area contributed by atoms with Gasteiger partial charge in [0.1, 0.15) is 10.7 Å². The minimum atomic E-state index is -1.15. The summed E-state index contributed by atoms with van der Waals surface area (Å²) < 4.78 is 1.04. The number of hydrogen-bond acceptors (Lipinski definition) is 5. The van der Waals surface area contributed by atoms with E-state index in [2.05, 4.69) is 42.2 Å². The van der Waals surface area contributed by atoms with Crippen LogP contribution in [0.4, 0.5) is 5.69 Å². The van der Waals surface area contributed by atoms with E-state index >= 15 is 0 Å². The first-order valence-electron chi connectivity index (χ1n) is 5.60. The van der Waals surface area contributed by atoms with Crippen LogP contribution in [-0.4, -0.2) is 22.0 Å². The number of hydrogen-bond donors (Lipinski definition) is 3. The maximum atomic E-state index is 12.1. The number of thiazole rings is 1. The number of halogens is 2. The molecule has 0 radical (unpaired) electrons. The van der Waals surface area contributed by atoms with E-state index in [1.165, 1.54) is 17.4 Å². The second-order valence-corrected chi connectivity index (χ2v) is 6.61. The molecule has 1 heterocycles. The lowest BCUT2D eigenvalue weighted by Gasteiger charge is -2.10. The average molecular weight is 435 g/mol. The molecule has 0 aliphatic carbocycles. The molecule has 0 saturated heterocycles. The van der Waals surface area contributed by atoms with Crippen molar-refractivity contribution in [3.05, 3.63) is 42.7 Å². The van der Waals surface area contributed by atoms with Gasteiger partial charge in [0.2, 0.25) is 0 Å². The van der Waals surface area contributed by atoms with E-state index in [0.29, 0.717) is 14.0 Å². The Balaban J connectivity index is 2.34. The summed E-state index contributed by atoms with van der Waals surface area (Å²) in [7, 11) is 0. The van der Waals surface area contributed by atoms with E-state index in [1.807, 2.05) is 0 Å². The van der Waals surface area contributed by atoms with Crippen LogP contribution in [0.25, 0.3) is 0 Å². The number of benzene rings is 1. The SMILES string of the molecule is NCc1nc(C(=O)Nc2c(Br)cc(Br)cc2C(=O)O)cs1. The molecule has 1 aromatic heterocycles. The molecule has 6 nitrogen and oxygen atoms in total. The fourth-order valence-corrected chi connectivity index (χ4v) is 3.53. The van der Waals surface area contributed by atoms with Crippen LogP contribution in [-0.2, 0) is 6.54 Å². The fraction of sp³-hybridized carbons (Fsp3) is 0.0833. The molecule has 0 aliphatic rings. The van der Waals surface area contributed by atoms with Crippen molar-refractivity contribution in [1.29, 1.82) is 0 Å². The summed E-state index contributed by atoms with van der Waals surface area (Å²) in [5.41, 5.74) is 5.80. The topological polar surface area (TPSA) is 105 Å². The maximum Gasteiger partial charge on any atom is 0.337 e. The summed E-state index contributed by atoms with van der Waals surface area (Å²) in [6, 6.07) is 3.06. The van der Waals surface area contributed by atoms with E-state index in [-0.39, 0.29) is 23.5 Å². The van der Waals surface area contributed by atoms with Gasteiger partial charge < -0.3 is 16.2 Å². The molecule has 0 spiro atoms. The molecular weight excluding hydrogens is 426 g/mol. The third-order valence-corrected chi connectivity index (χ3v) is 4.44. The molecule has 0 unspecified atom stereocenters. The number of rotatable bonds is 4. The quantitative estimate of drug-likeness (QED) is 0.685. The van der Waals surface area contributed by atoms with E-state index < -0.39 is 11.9 Å². The zero-order valence-corrected chi connectivity index (χ0v) is 14.4. The second-order valence-electron chi connectivity index (χ2n) is 3.90. The number of carboxylic acids is 1. The molecule has 0 fully saturated rings. The van der Waals surface area contributed by atoms with E-state index in [9.17, 15) is 14.7 Å². The summed E-state index contributed by atoms with van der Waals surface area (Å²) in [5, 5.41) is 14.0. The van der Waals surface area contributed by atoms with Crippen molar-refractivity contribution in [2.75, 3.05) is 5.32 Å². The summed E-state index contributed by atoms with van der Waals surface area (Å²) >= 11 is 7.72. The van der Waals surface area contributed by atoms with Gasteiger partial charge in [-0.1, -0.05) is 15.9 Å². The molecule has 2 rings (SSSR count). The molecule has 9 heteroatoms. The zero-order chi connectivity index (χ0) is 15.6. The number of anilines is 1. The molecule has 2 aromatic rings. The fourth-order valence-electron chi connectivity index (χ4n) is 1.56. The van der Waals surface area contributed by atoms with E-state index in [0.717, 1.165) is 0 Å². The molecule has 110 valence electrons. The Morgan fingerprint density at radius 2 is 2.10 bits per heavy atom. The second kappa shape index (κ2) is 6.65. The lowest BCUT2D eigenvalue weighted by Crippen LogP contribution is -2.16. The zero-order valence-electron chi connectivity index (χ0n) is 10.4. The minimum Gasteiger partial charge on any atom is -0.478 e. The number of carbonyl (C=O) groups excluding carboxylic acids is 1. The Labute approximate surface area is 140 Å². The number of nitrogens with two attached hydrogens (primary N) is 1. The largest absolute Gasteiger partial charge is 0.478 e. The Kier molecular flexibility index (Phi) is 5.09. The van der Waals surface area contributed by atoms with Gasteiger partial charge in [0.15, 0.2) is 0 Å². The van der Waals surface area contributed by atoms with Crippen molar-refractivity contribution in [3.8, 4) is 0 Å². The third-order valence-electron chi connectivity index (χ3n) is 2.48. The average Bonchev–Trinajstić information content (AvgIpc) is 2.90. The molecule has 1 amide bonds. The monoisotopic (exact) mass is 433 g/mol. The smallest absolute Gasteiger partial charge is 0.337 e. The molecule has 0 aliphatic heterocycles. The van der Waals surface area contributed by atoms with Crippen molar-refractivity contribution < 1.29 is 14.7 Å². The van der Waals surface area contributed by atoms with Crippen molar-refractivity contribution in [3.63, 3.8) is 0 Å². The molecule has 0 saturated carbocycles. The van der Waals surface area contributed by atoms with Gasteiger partial charge in [-0.25, -0.2) is 9.78 Å². The van der Waals surface area contributed by atoms with E-state index in [4.69, 9.17) is 5.73 Å². The first-order chi connectivity index (χ1) is 9.92. The van der Waals surface area contributed by atoms with Gasteiger partial charge in [0, 0.05) is 20.9 Å². The first-order valence-corrected chi connectivity index (χ1v) is 8.07. The van der Waals surface area contributed by atoms with E-state index in [1.54, 1.807) is 11.4 Å². The van der Waals surface area contributed by atoms with Gasteiger partial charge in [-0.05, 0) is 28.1 Å². The summed E-state index contributed by atoms with van der Waals surface area (Å²) in [4.78, 5) is 27.4. The Hall–Kier alpha value is -1.29. The van der Waals surface area contributed by atoms with Gasteiger partial charge in [-0.3, -0.25) is 4.79 Å². The normalized spacial score (nSPS) is 10.4. The summed E-state index contributed by atoms with van der Waals surface area (Å²) in [6.45, 7) is 0.250. The lowest BCUT2D eigenvalue weighted by atomic mass is 10.2. The van der Waals surface area contributed by atoms with Crippen molar-refractivity contribution in [1.82, 2.24) is 4.98 Å². The predicted molar refractivity (Wildman–Crippen MR) is 86.8 cm³/mol. The van der Waals surface area contributed by atoms with Crippen LogP contribution in [0.3, 0.4) is 0 Å². The molecular formula is C12H9Br2N3O3S. The number of nitrogens with one attached hydrogen (secondary N) is 1. The highest BCUT2D eigenvalue weighted by atomic mass is 79.9. The molecule has 4 N–H and O–H groups in total. The highest BCUT2D eigenvalue weighted by molar-refractivity contribution is 9.11. The number of aromatic nitrogens is 1. The van der Waals surface area contributed by atoms with Crippen molar-refractivity contribution in [2.45, 2.75) is 6.54 Å². The predicted octanol–water partition coefficient (Wildman–Crippen LogP) is 3.08. The highest BCUT2D eigenvalue weighted by Crippen LogP contribution is 2.31. The van der Waals surface area contributed by atoms with Crippen LogP contribution in [0.1, 0.15) is 25.9 Å². The lowest BCUT2D eigenvalue weighted by molar-refractivity contribution is 0.0698. The molecule has 21 heavy (non-hydrogen) atoms. The highest BCUT2D eigenvalue weighted by Gasteiger charge is 2.19. The van der Waals surface area contributed by atoms with Gasteiger partial charge in [-0.15, -0.1) is 11.3 Å². The van der Waals surface area contributed by atoms with Crippen LogP contribution >= 0.6 is 43.2 Å². The van der Waals surface area contributed by atoms with Gasteiger partial charge in [-0.2, -0.15) is 0 Å². The van der Waals surface area contributed by atoms with Crippen LogP contribution in [0, 0.1) is 0 Å². The van der Waals surface area contributed by atoms with Crippen LogP contribution in [0.15, 0.2) is 26.5 Å². The standard InChI is InChI=1S/C12H9Br2N3O3S/c13-5-1-6(12(19)20)10(7(14)2-5)17-11(18)8-4-21-9(3-15)16-8/h1-2,4H,3,15H2,(H,17,18)(H,19,20). The number of carboxylic acid groups (broad SMARTS) is 1. The summed E-state index contributed by atoms with van der Waals surface area (Å²) in [5.74, 6) is -1.63. The maximum absolute atomic E-state index is 12.1. The van der Waals surface area contributed by atoms with Gasteiger partial charge in [0.05, 0.1) is 11.3 Å².